The summed E-state index contributed by atoms with van der Waals surface area (Å²) >= 11 is 0. The average molecular weight is 294 g/mol. The number of nitrogens with one attached hydrogen (secondary N) is 1. The molecule has 0 bridgehead atoms. The van der Waals surface area contributed by atoms with Crippen LogP contribution in [0.1, 0.15) is 12.5 Å². The molecule has 1 aromatic carbocycles. The van der Waals surface area contributed by atoms with Crippen molar-refractivity contribution >= 4 is 5.91 Å². The Bertz CT molecular complexity index is 506. The summed E-state index contributed by atoms with van der Waals surface area (Å²) in [4.78, 5) is 14.1. The first-order valence-electron chi connectivity index (χ1n) is 6.98. The molecule has 1 fully saturated rings. The molecule has 2 atom stereocenters. The molecule has 6 nitrogen and oxygen atoms in total. The average Bonchev–Trinajstić information content (AvgIpc) is 2.49. The predicted octanol–water partition coefficient (Wildman–Crippen LogP) is 0.736. The number of hydrogen-bond acceptors (Lipinski definition) is 5. The van der Waals surface area contributed by atoms with Gasteiger partial charge in [-0.05, 0) is 24.6 Å². The highest BCUT2D eigenvalue weighted by atomic mass is 16.5. The van der Waals surface area contributed by atoms with E-state index in [1.807, 2.05) is 6.92 Å². The van der Waals surface area contributed by atoms with Crippen molar-refractivity contribution < 1.29 is 19.4 Å². The second-order valence-electron chi connectivity index (χ2n) is 5.21. The number of amides is 1. The van der Waals surface area contributed by atoms with Crippen LogP contribution in [-0.4, -0.2) is 55.4 Å². The number of morpholine rings is 1. The maximum absolute atomic E-state index is 12.4. The third-order valence-electron chi connectivity index (χ3n) is 3.62. The SMILES string of the molecule is COc1cc(CN(C)C(=O)[C@H]2NCCO[C@@H]2C)ccc1O. The van der Waals surface area contributed by atoms with Gasteiger partial charge >= 0.3 is 0 Å². The molecule has 2 rings (SSSR count). The number of phenols is 1. The molecule has 1 aromatic rings. The summed E-state index contributed by atoms with van der Waals surface area (Å²) in [6, 6.07) is 4.75. The number of carbonyl (C=O) groups is 1. The van der Waals surface area contributed by atoms with Crippen LogP contribution in [0.15, 0.2) is 18.2 Å². The molecule has 0 spiro atoms. The van der Waals surface area contributed by atoms with Gasteiger partial charge in [0.1, 0.15) is 6.04 Å². The molecular formula is C15H22N2O4. The number of aromatic hydroxyl groups is 1. The summed E-state index contributed by atoms with van der Waals surface area (Å²) in [5, 5.41) is 12.8. The Balaban J connectivity index is 2.03. The Labute approximate surface area is 124 Å². The first kappa shape index (κ1) is 15.6. The van der Waals surface area contributed by atoms with Crippen molar-refractivity contribution in [2.75, 3.05) is 27.3 Å². The molecule has 0 unspecified atom stereocenters. The monoisotopic (exact) mass is 294 g/mol. The molecular weight excluding hydrogens is 272 g/mol. The van der Waals surface area contributed by atoms with Crippen molar-refractivity contribution in [2.45, 2.75) is 25.6 Å². The number of likely N-dealkylation sites (N-methyl/N-ethyl adjacent to an activating group) is 1. The van der Waals surface area contributed by atoms with Crippen LogP contribution in [0, 0.1) is 0 Å². The van der Waals surface area contributed by atoms with Crippen LogP contribution in [-0.2, 0) is 16.1 Å². The Kier molecular flexibility index (Phi) is 5.03. The van der Waals surface area contributed by atoms with E-state index in [9.17, 15) is 9.90 Å². The van der Waals surface area contributed by atoms with Gasteiger partial charge in [-0.3, -0.25) is 4.79 Å². The van der Waals surface area contributed by atoms with Crippen LogP contribution in [0.5, 0.6) is 11.5 Å². The van der Waals surface area contributed by atoms with Gasteiger partial charge < -0.3 is 24.8 Å². The number of benzene rings is 1. The van der Waals surface area contributed by atoms with Gasteiger partial charge in [0, 0.05) is 20.1 Å². The number of nitrogens with zero attached hydrogens (tertiary/aromatic N) is 1. The summed E-state index contributed by atoms with van der Waals surface area (Å²) in [6.45, 7) is 3.65. The Hall–Kier alpha value is -1.79. The molecule has 1 aliphatic heterocycles. The van der Waals surface area contributed by atoms with Gasteiger partial charge in [-0.1, -0.05) is 6.07 Å². The van der Waals surface area contributed by atoms with Gasteiger partial charge in [-0.25, -0.2) is 0 Å². The molecule has 116 valence electrons. The zero-order valence-electron chi connectivity index (χ0n) is 12.6. The van der Waals surface area contributed by atoms with Gasteiger partial charge in [0.05, 0.1) is 19.8 Å². The summed E-state index contributed by atoms with van der Waals surface area (Å²) in [6.07, 6.45) is -0.136. The highest BCUT2D eigenvalue weighted by Crippen LogP contribution is 2.26. The van der Waals surface area contributed by atoms with Crippen LogP contribution < -0.4 is 10.1 Å². The molecule has 0 aromatic heterocycles. The minimum absolute atomic E-state index is 0.00533. The van der Waals surface area contributed by atoms with Crippen LogP contribution in [0.25, 0.3) is 0 Å². The van der Waals surface area contributed by atoms with Crippen molar-refractivity contribution in [3.05, 3.63) is 23.8 Å². The topological polar surface area (TPSA) is 71.0 Å². The van der Waals surface area contributed by atoms with E-state index in [-0.39, 0.29) is 23.8 Å². The summed E-state index contributed by atoms with van der Waals surface area (Å²) in [5.41, 5.74) is 0.893. The zero-order valence-corrected chi connectivity index (χ0v) is 12.6. The van der Waals surface area contributed by atoms with Crippen molar-refractivity contribution in [2.24, 2.45) is 0 Å². The quantitative estimate of drug-likeness (QED) is 0.857. The minimum atomic E-state index is -0.317. The van der Waals surface area contributed by atoms with Crippen LogP contribution >= 0.6 is 0 Å². The number of carbonyl (C=O) groups excluding carboxylic acids is 1. The third-order valence-corrected chi connectivity index (χ3v) is 3.62. The zero-order chi connectivity index (χ0) is 15.4. The van der Waals surface area contributed by atoms with Crippen molar-refractivity contribution in [3.8, 4) is 11.5 Å². The highest BCUT2D eigenvalue weighted by Gasteiger charge is 2.30. The summed E-state index contributed by atoms with van der Waals surface area (Å²) < 4.78 is 10.6. The molecule has 0 radical (unpaired) electrons. The molecule has 21 heavy (non-hydrogen) atoms. The fourth-order valence-corrected chi connectivity index (χ4v) is 2.42. The number of phenolic OH excluding ortho intramolecular Hbond substituents is 1. The van der Waals surface area contributed by atoms with Gasteiger partial charge in [0.15, 0.2) is 11.5 Å². The molecule has 1 amide bonds. The van der Waals surface area contributed by atoms with E-state index in [1.165, 1.54) is 7.11 Å². The molecule has 0 saturated carbocycles. The maximum Gasteiger partial charge on any atom is 0.242 e. The van der Waals surface area contributed by atoms with E-state index in [2.05, 4.69) is 5.32 Å². The lowest BCUT2D eigenvalue weighted by Gasteiger charge is -2.32. The minimum Gasteiger partial charge on any atom is -0.504 e. The van der Waals surface area contributed by atoms with Gasteiger partial charge in [-0.15, -0.1) is 0 Å². The van der Waals surface area contributed by atoms with Gasteiger partial charge in [0.2, 0.25) is 5.91 Å². The second kappa shape index (κ2) is 6.78. The van der Waals surface area contributed by atoms with Crippen LogP contribution in [0.2, 0.25) is 0 Å². The molecule has 1 saturated heterocycles. The van der Waals surface area contributed by atoms with Crippen molar-refractivity contribution in [1.29, 1.82) is 0 Å². The number of hydrogen-bond donors (Lipinski definition) is 2. The van der Waals surface area contributed by atoms with E-state index >= 15 is 0 Å². The molecule has 2 N–H and O–H groups in total. The van der Waals surface area contributed by atoms with Crippen molar-refractivity contribution in [3.63, 3.8) is 0 Å². The highest BCUT2D eigenvalue weighted by molar-refractivity contribution is 5.82. The summed E-state index contributed by atoms with van der Waals surface area (Å²) in [5.74, 6) is 0.487. The van der Waals surface area contributed by atoms with Gasteiger partial charge in [0.25, 0.3) is 0 Å². The number of rotatable bonds is 4. The van der Waals surface area contributed by atoms with E-state index in [4.69, 9.17) is 9.47 Å². The Morgan fingerprint density at radius 3 is 3.00 bits per heavy atom. The normalized spacial score (nSPS) is 21.9. The predicted molar refractivity (Wildman–Crippen MR) is 78.3 cm³/mol. The lowest BCUT2D eigenvalue weighted by molar-refractivity contribution is -0.138. The molecule has 6 heteroatoms. The third kappa shape index (κ3) is 3.65. The van der Waals surface area contributed by atoms with Crippen molar-refractivity contribution in [1.82, 2.24) is 10.2 Å². The maximum atomic E-state index is 12.4. The van der Waals surface area contributed by atoms with E-state index in [1.54, 1.807) is 30.1 Å². The number of ether oxygens (including phenoxy) is 2. The van der Waals surface area contributed by atoms with Crippen LogP contribution in [0.4, 0.5) is 0 Å². The molecule has 0 aliphatic carbocycles. The van der Waals surface area contributed by atoms with Crippen LogP contribution in [0.3, 0.4) is 0 Å². The molecule has 1 aliphatic rings. The van der Waals surface area contributed by atoms with E-state index in [0.717, 1.165) is 5.56 Å². The first-order valence-corrected chi connectivity index (χ1v) is 6.98. The number of methoxy groups -OCH3 is 1. The summed E-state index contributed by atoms with van der Waals surface area (Å²) in [7, 11) is 3.25. The first-order chi connectivity index (χ1) is 10.0. The fourth-order valence-electron chi connectivity index (χ4n) is 2.42. The standard InChI is InChI=1S/C15H22N2O4/c1-10-14(16-6-7-21-10)15(19)17(2)9-11-4-5-12(18)13(8-11)20-3/h4-5,8,10,14,16,18H,6-7,9H2,1-3H3/t10-,14+/m1/s1. The second-order valence-corrected chi connectivity index (χ2v) is 5.21. The van der Waals surface area contributed by atoms with Gasteiger partial charge in [-0.2, -0.15) is 0 Å². The Morgan fingerprint density at radius 2 is 2.33 bits per heavy atom. The fraction of sp³-hybridized carbons (Fsp3) is 0.533. The van der Waals surface area contributed by atoms with E-state index < -0.39 is 0 Å². The Morgan fingerprint density at radius 1 is 1.57 bits per heavy atom. The lowest BCUT2D eigenvalue weighted by Crippen LogP contribution is -2.55. The molecule has 1 heterocycles. The lowest BCUT2D eigenvalue weighted by atomic mass is 10.1. The van der Waals surface area contributed by atoms with E-state index in [0.29, 0.717) is 25.4 Å². The smallest absolute Gasteiger partial charge is 0.242 e. The largest absolute Gasteiger partial charge is 0.504 e.